The van der Waals surface area contributed by atoms with Crippen molar-refractivity contribution in [2.75, 3.05) is 7.11 Å². The Balaban J connectivity index is 2.87. The number of aromatic nitrogens is 2. The topological polar surface area (TPSA) is 70.1 Å². The van der Waals surface area contributed by atoms with E-state index in [1.54, 1.807) is 7.05 Å². The third-order valence-electron chi connectivity index (χ3n) is 2.91. The molecule has 17 heavy (non-hydrogen) atoms. The van der Waals surface area contributed by atoms with Gasteiger partial charge in [0.1, 0.15) is 5.69 Å². The van der Waals surface area contributed by atoms with Gasteiger partial charge in [0, 0.05) is 19.5 Å². The molecule has 1 heterocycles. The quantitative estimate of drug-likeness (QED) is 0.806. The predicted molar refractivity (Wildman–Crippen MR) is 66.1 cm³/mol. The molecule has 0 saturated heterocycles. The summed E-state index contributed by atoms with van der Waals surface area (Å²) in [5.74, 6) is 0.461. The molecule has 0 spiro atoms. The monoisotopic (exact) mass is 239 g/mol. The number of carbonyl (C=O) groups excluding carboxylic acids is 1. The second kappa shape index (κ2) is 4.87. The minimum atomic E-state index is -0.186. The first-order valence-corrected chi connectivity index (χ1v) is 5.62. The Labute approximate surface area is 102 Å². The molecule has 0 aliphatic rings. The number of aryl methyl sites for hydroxylation is 1. The number of ether oxygens (including phenoxy) is 1. The van der Waals surface area contributed by atoms with Crippen LogP contribution in [0.1, 0.15) is 37.7 Å². The van der Waals surface area contributed by atoms with Crippen LogP contribution < -0.4 is 10.5 Å². The molecule has 1 aromatic rings. The Hall–Kier alpha value is -1.36. The van der Waals surface area contributed by atoms with Crippen LogP contribution in [0.2, 0.25) is 0 Å². The van der Waals surface area contributed by atoms with Gasteiger partial charge in [0.25, 0.3) is 0 Å². The van der Waals surface area contributed by atoms with Crippen LogP contribution in [-0.4, -0.2) is 28.7 Å². The summed E-state index contributed by atoms with van der Waals surface area (Å²) in [6, 6.07) is -0.186. The fourth-order valence-corrected chi connectivity index (χ4v) is 1.49. The Kier molecular flexibility index (Phi) is 3.93. The van der Waals surface area contributed by atoms with Crippen LogP contribution in [0.4, 0.5) is 0 Å². The number of ketones is 1. The van der Waals surface area contributed by atoms with Crippen LogP contribution >= 0.6 is 0 Å². The van der Waals surface area contributed by atoms with Gasteiger partial charge in [0.05, 0.1) is 13.3 Å². The molecular weight excluding hydrogens is 218 g/mol. The fraction of sp³-hybridized carbons (Fsp3) is 0.667. The number of hydrogen-bond donors (Lipinski definition) is 1. The van der Waals surface area contributed by atoms with Crippen LogP contribution in [0, 0.1) is 5.41 Å². The summed E-state index contributed by atoms with van der Waals surface area (Å²) >= 11 is 0. The van der Waals surface area contributed by atoms with Gasteiger partial charge < -0.3 is 10.5 Å². The molecule has 0 aromatic carbocycles. The summed E-state index contributed by atoms with van der Waals surface area (Å²) < 4.78 is 6.63. The Morgan fingerprint density at radius 2 is 2.18 bits per heavy atom. The minimum absolute atomic E-state index is 0.0377. The molecule has 0 amide bonds. The van der Waals surface area contributed by atoms with Gasteiger partial charge in [-0.2, -0.15) is 5.10 Å². The molecule has 0 saturated carbocycles. The molecule has 1 unspecified atom stereocenters. The van der Waals surface area contributed by atoms with Crippen LogP contribution in [0.5, 0.6) is 5.75 Å². The van der Waals surface area contributed by atoms with E-state index in [1.165, 1.54) is 18.0 Å². The van der Waals surface area contributed by atoms with E-state index >= 15 is 0 Å². The summed E-state index contributed by atoms with van der Waals surface area (Å²) in [5, 5.41) is 4.01. The Morgan fingerprint density at radius 1 is 1.59 bits per heavy atom. The normalized spacial score (nSPS) is 13.5. The second-order valence-electron chi connectivity index (χ2n) is 5.28. The molecular formula is C12H21N3O2. The van der Waals surface area contributed by atoms with Gasteiger partial charge in [-0.15, -0.1) is 0 Å². The van der Waals surface area contributed by atoms with Crippen LogP contribution in [0.3, 0.4) is 0 Å². The van der Waals surface area contributed by atoms with Crippen molar-refractivity contribution in [1.82, 2.24) is 9.78 Å². The molecule has 0 aliphatic carbocycles. The van der Waals surface area contributed by atoms with E-state index in [9.17, 15) is 4.79 Å². The largest absolute Gasteiger partial charge is 0.493 e. The smallest absolute Gasteiger partial charge is 0.186 e. The highest BCUT2D eigenvalue weighted by molar-refractivity contribution is 5.97. The predicted octanol–water partition coefficient (Wildman–Crippen LogP) is 1.37. The zero-order valence-corrected chi connectivity index (χ0v) is 11.2. The molecule has 1 rings (SSSR count). The standard InChI is InChI=1S/C12H21N3O2/c1-12(2,3)10(13)6-8(16)11-9(17-5)7-14-15(11)4/h7,10H,6,13H2,1-5H3. The lowest BCUT2D eigenvalue weighted by atomic mass is 9.84. The first kappa shape index (κ1) is 13.7. The molecule has 1 atom stereocenters. The lowest BCUT2D eigenvalue weighted by Gasteiger charge is -2.26. The third kappa shape index (κ3) is 3.06. The van der Waals surface area contributed by atoms with E-state index in [1.807, 2.05) is 20.8 Å². The van der Waals surface area contributed by atoms with Crippen molar-refractivity contribution in [3.63, 3.8) is 0 Å². The first-order chi connectivity index (χ1) is 7.77. The van der Waals surface area contributed by atoms with Gasteiger partial charge in [-0.25, -0.2) is 0 Å². The van der Waals surface area contributed by atoms with E-state index in [0.717, 1.165) is 0 Å². The van der Waals surface area contributed by atoms with Gasteiger partial charge in [-0.3, -0.25) is 9.48 Å². The van der Waals surface area contributed by atoms with Crippen molar-refractivity contribution in [2.45, 2.75) is 33.2 Å². The van der Waals surface area contributed by atoms with Crippen LogP contribution in [-0.2, 0) is 7.05 Å². The molecule has 5 nitrogen and oxygen atoms in total. The van der Waals surface area contributed by atoms with E-state index in [4.69, 9.17) is 10.5 Å². The van der Waals surface area contributed by atoms with Crippen LogP contribution in [0.15, 0.2) is 6.20 Å². The molecule has 1 aromatic heterocycles. The lowest BCUT2D eigenvalue weighted by molar-refractivity contribution is 0.0941. The van der Waals surface area contributed by atoms with Gasteiger partial charge in [0.2, 0.25) is 0 Å². The first-order valence-electron chi connectivity index (χ1n) is 5.62. The van der Waals surface area contributed by atoms with Crippen molar-refractivity contribution in [3.05, 3.63) is 11.9 Å². The average Bonchev–Trinajstić information content (AvgIpc) is 2.57. The van der Waals surface area contributed by atoms with E-state index < -0.39 is 0 Å². The highest BCUT2D eigenvalue weighted by atomic mass is 16.5. The summed E-state index contributed by atoms with van der Waals surface area (Å²) in [4.78, 5) is 12.1. The summed E-state index contributed by atoms with van der Waals surface area (Å²) in [5.41, 5.74) is 6.39. The molecule has 0 fully saturated rings. The number of hydrogen-bond acceptors (Lipinski definition) is 4. The number of nitrogens with zero attached hydrogens (tertiary/aromatic N) is 2. The lowest BCUT2D eigenvalue weighted by Crippen LogP contribution is -2.37. The average molecular weight is 239 g/mol. The van der Waals surface area contributed by atoms with Crippen molar-refractivity contribution in [1.29, 1.82) is 0 Å². The molecule has 96 valence electrons. The zero-order valence-electron chi connectivity index (χ0n) is 11.2. The van der Waals surface area contributed by atoms with E-state index in [0.29, 0.717) is 17.9 Å². The number of nitrogens with two attached hydrogens (primary N) is 1. The number of methoxy groups -OCH3 is 1. The molecule has 5 heteroatoms. The highest BCUT2D eigenvalue weighted by Crippen LogP contribution is 2.24. The highest BCUT2D eigenvalue weighted by Gasteiger charge is 2.26. The van der Waals surface area contributed by atoms with Crippen molar-refractivity contribution >= 4 is 5.78 Å². The van der Waals surface area contributed by atoms with Crippen molar-refractivity contribution in [2.24, 2.45) is 18.2 Å². The number of carbonyl (C=O) groups is 1. The fourth-order valence-electron chi connectivity index (χ4n) is 1.49. The van der Waals surface area contributed by atoms with Gasteiger partial charge in [0.15, 0.2) is 11.5 Å². The maximum Gasteiger partial charge on any atom is 0.186 e. The minimum Gasteiger partial charge on any atom is -0.493 e. The van der Waals surface area contributed by atoms with Gasteiger partial charge >= 0.3 is 0 Å². The van der Waals surface area contributed by atoms with Crippen molar-refractivity contribution < 1.29 is 9.53 Å². The summed E-state index contributed by atoms with van der Waals surface area (Å²) in [7, 11) is 3.25. The summed E-state index contributed by atoms with van der Waals surface area (Å²) in [6.45, 7) is 6.06. The third-order valence-corrected chi connectivity index (χ3v) is 2.91. The van der Waals surface area contributed by atoms with E-state index in [-0.39, 0.29) is 17.2 Å². The molecule has 2 N–H and O–H groups in total. The molecule has 0 radical (unpaired) electrons. The maximum absolute atomic E-state index is 12.1. The maximum atomic E-state index is 12.1. The molecule has 0 aliphatic heterocycles. The Bertz CT molecular complexity index is 404. The zero-order chi connectivity index (χ0) is 13.2. The van der Waals surface area contributed by atoms with Gasteiger partial charge in [-0.05, 0) is 5.41 Å². The Morgan fingerprint density at radius 3 is 2.65 bits per heavy atom. The van der Waals surface area contributed by atoms with Crippen molar-refractivity contribution in [3.8, 4) is 5.75 Å². The summed E-state index contributed by atoms with van der Waals surface area (Å²) in [6.07, 6.45) is 1.83. The molecule has 0 bridgehead atoms. The second-order valence-corrected chi connectivity index (χ2v) is 5.28. The SMILES string of the molecule is COc1cnn(C)c1C(=O)CC(N)C(C)(C)C. The van der Waals surface area contributed by atoms with Crippen LogP contribution in [0.25, 0.3) is 0 Å². The number of Topliss-reactive ketones (excluding diaryl/α,β-unsaturated/α-hetero) is 1. The number of rotatable bonds is 4. The van der Waals surface area contributed by atoms with E-state index in [2.05, 4.69) is 5.10 Å². The van der Waals surface area contributed by atoms with Gasteiger partial charge in [-0.1, -0.05) is 20.8 Å².